The first-order valence-electron chi connectivity index (χ1n) is 9.65. The van der Waals surface area contributed by atoms with Gasteiger partial charge in [-0.2, -0.15) is 0 Å². The van der Waals surface area contributed by atoms with Crippen LogP contribution in [0.3, 0.4) is 0 Å². The van der Waals surface area contributed by atoms with E-state index in [0.29, 0.717) is 19.6 Å². The molecule has 0 radical (unpaired) electrons. The van der Waals surface area contributed by atoms with Crippen molar-refractivity contribution in [3.8, 4) is 5.75 Å². The summed E-state index contributed by atoms with van der Waals surface area (Å²) in [4.78, 5) is 11.5. The Morgan fingerprint density at radius 3 is 2.57 bits per heavy atom. The molecular weight excluding hydrogens is 348 g/mol. The van der Waals surface area contributed by atoms with Gasteiger partial charge >= 0.3 is 0 Å². The molecule has 3 aromatic rings. The third-order valence-electron chi connectivity index (χ3n) is 4.93. The molecule has 1 amide bonds. The number of hydrogen-bond donors (Lipinski definition) is 2. The smallest absolute Gasteiger partial charge is 0.220 e. The number of anilines is 1. The van der Waals surface area contributed by atoms with Crippen LogP contribution in [-0.2, 0) is 17.9 Å². The number of ether oxygens (including phenoxy) is 1. The second kappa shape index (κ2) is 8.61. The molecule has 1 unspecified atom stereocenters. The summed E-state index contributed by atoms with van der Waals surface area (Å²) in [5.74, 6) is 1.00. The lowest BCUT2D eigenvalue weighted by Gasteiger charge is -2.13. The van der Waals surface area contributed by atoms with Crippen LogP contribution < -0.4 is 15.4 Å². The number of benzene rings is 3. The topological polar surface area (TPSA) is 50.4 Å². The number of nitrogens with one attached hydrogen (secondary N) is 2. The second-order valence-electron chi connectivity index (χ2n) is 7.06. The van der Waals surface area contributed by atoms with E-state index < -0.39 is 0 Å². The van der Waals surface area contributed by atoms with Gasteiger partial charge < -0.3 is 15.4 Å². The first-order valence-corrected chi connectivity index (χ1v) is 9.65. The van der Waals surface area contributed by atoms with Crippen LogP contribution in [0.15, 0.2) is 78.9 Å². The van der Waals surface area contributed by atoms with Gasteiger partial charge in [-0.3, -0.25) is 4.79 Å². The van der Waals surface area contributed by atoms with E-state index >= 15 is 0 Å². The van der Waals surface area contributed by atoms with E-state index in [9.17, 15) is 4.79 Å². The van der Waals surface area contributed by atoms with Crippen molar-refractivity contribution in [1.82, 2.24) is 5.32 Å². The summed E-state index contributed by atoms with van der Waals surface area (Å²) >= 11 is 0. The molecule has 2 N–H and O–H groups in total. The Kier molecular flexibility index (Phi) is 5.57. The Hall–Kier alpha value is -3.27. The van der Waals surface area contributed by atoms with E-state index in [4.69, 9.17) is 4.74 Å². The van der Waals surface area contributed by atoms with Crippen molar-refractivity contribution in [3.63, 3.8) is 0 Å². The van der Waals surface area contributed by atoms with Gasteiger partial charge in [-0.1, -0.05) is 54.6 Å². The zero-order valence-corrected chi connectivity index (χ0v) is 15.7. The monoisotopic (exact) mass is 372 g/mol. The molecule has 0 spiro atoms. The highest BCUT2D eigenvalue weighted by atomic mass is 16.5. The molecule has 0 saturated carbocycles. The fourth-order valence-corrected chi connectivity index (χ4v) is 3.42. The van der Waals surface area contributed by atoms with Crippen molar-refractivity contribution in [2.24, 2.45) is 0 Å². The lowest BCUT2D eigenvalue weighted by atomic mass is 10.0. The minimum atomic E-state index is 0.129. The molecule has 4 heteroatoms. The molecule has 1 atom stereocenters. The van der Waals surface area contributed by atoms with Gasteiger partial charge in [-0.05, 0) is 47.4 Å². The van der Waals surface area contributed by atoms with Crippen LogP contribution in [0.1, 0.15) is 35.6 Å². The van der Waals surface area contributed by atoms with Gasteiger partial charge in [0.25, 0.3) is 0 Å². The quantitative estimate of drug-likeness (QED) is 0.625. The highest BCUT2D eigenvalue weighted by Crippen LogP contribution is 2.26. The molecular formula is C24H24N2O2. The van der Waals surface area contributed by atoms with Crippen molar-refractivity contribution in [2.75, 3.05) is 5.32 Å². The third kappa shape index (κ3) is 4.71. The van der Waals surface area contributed by atoms with Crippen LogP contribution in [0.4, 0.5) is 5.69 Å². The molecule has 3 aromatic carbocycles. The fraction of sp³-hybridized carbons (Fsp3) is 0.208. The number of carbonyl (C=O) groups is 1. The van der Waals surface area contributed by atoms with Gasteiger partial charge in [0.2, 0.25) is 5.91 Å². The summed E-state index contributed by atoms with van der Waals surface area (Å²) in [6, 6.07) is 26.7. The summed E-state index contributed by atoms with van der Waals surface area (Å²) < 4.78 is 5.91. The maximum Gasteiger partial charge on any atom is 0.220 e. The molecule has 0 aliphatic carbocycles. The van der Waals surface area contributed by atoms with Gasteiger partial charge in [-0.25, -0.2) is 0 Å². The van der Waals surface area contributed by atoms with Crippen LogP contribution in [0.2, 0.25) is 0 Å². The SMILES string of the molecule is O=C1CCC(c2cccc(NCc3cccc(OCc4ccccc4)c3)c2)N1. The second-order valence-corrected chi connectivity index (χ2v) is 7.06. The molecule has 1 saturated heterocycles. The lowest BCUT2D eigenvalue weighted by Crippen LogP contribution is -2.18. The molecule has 1 aliphatic heterocycles. The summed E-state index contributed by atoms with van der Waals surface area (Å²) in [5, 5.41) is 6.49. The standard InChI is InChI=1S/C24H24N2O2/c27-24-13-12-23(26-24)20-9-5-10-21(15-20)25-16-19-8-4-11-22(14-19)28-17-18-6-2-1-3-7-18/h1-11,14-15,23,25H,12-13,16-17H2,(H,26,27). The maximum atomic E-state index is 11.5. The average Bonchev–Trinajstić information content (AvgIpc) is 3.18. The van der Waals surface area contributed by atoms with Crippen LogP contribution in [0, 0.1) is 0 Å². The van der Waals surface area contributed by atoms with Gasteiger partial charge in [0.05, 0.1) is 6.04 Å². The zero-order valence-electron chi connectivity index (χ0n) is 15.7. The van der Waals surface area contributed by atoms with E-state index in [1.807, 2.05) is 36.4 Å². The summed E-state index contributed by atoms with van der Waals surface area (Å²) in [7, 11) is 0. The number of hydrogen-bond acceptors (Lipinski definition) is 3. The predicted molar refractivity (Wildman–Crippen MR) is 111 cm³/mol. The molecule has 28 heavy (non-hydrogen) atoms. The minimum Gasteiger partial charge on any atom is -0.489 e. The van der Waals surface area contributed by atoms with Gasteiger partial charge in [0, 0.05) is 18.7 Å². The first kappa shape index (κ1) is 18.1. The Morgan fingerprint density at radius 1 is 0.929 bits per heavy atom. The zero-order chi connectivity index (χ0) is 19.2. The molecule has 4 nitrogen and oxygen atoms in total. The highest BCUT2D eigenvalue weighted by Gasteiger charge is 2.22. The predicted octanol–water partition coefficient (Wildman–Crippen LogP) is 4.83. The van der Waals surface area contributed by atoms with E-state index in [-0.39, 0.29) is 11.9 Å². The van der Waals surface area contributed by atoms with E-state index in [1.165, 1.54) is 0 Å². The van der Waals surface area contributed by atoms with Crippen molar-refractivity contribution >= 4 is 11.6 Å². The van der Waals surface area contributed by atoms with Crippen molar-refractivity contribution in [3.05, 3.63) is 95.6 Å². The number of amides is 1. The Bertz CT molecular complexity index is 940. The van der Waals surface area contributed by atoms with Gasteiger partial charge in [-0.15, -0.1) is 0 Å². The van der Waals surface area contributed by atoms with Crippen molar-refractivity contribution in [2.45, 2.75) is 32.0 Å². The molecule has 1 aliphatic rings. The van der Waals surface area contributed by atoms with E-state index in [0.717, 1.165) is 34.5 Å². The van der Waals surface area contributed by atoms with Gasteiger partial charge in [0.15, 0.2) is 0 Å². The van der Waals surface area contributed by atoms with Crippen molar-refractivity contribution < 1.29 is 9.53 Å². The average molecular weight is 372 g/mol. The molecule has 0 bridgehead atoms. The molecule has 1 fully saturated rings. The summed E-state index contributed by atoms with van der Waals surface area (Å²) in [5.41, 5.74) is 4.51. The number of carbonyl (C=O) groups excluding carboxylic acids is 1. The Morgan fingerprint density at radius 2 is 1.75 bits per heavy atom. The summed E-state index contributed by atoms with van der Waals surface area (Å²) in [6.45, 7) is 1.27. The van der Waals surface area contributed by atoms with E-state index in [2.05, 4.69) is 53.1 Å². The van der Waals surface area contributed by atoms with Crippen LogP contribution in [0.5, 0.6) is 5.75 Å². The normalized spacial score (nSPS) is 15.9. The highest BCUT2D eigenvalue weighted by molar-refractivity contribution is 5.78. The van der Waals surface area contributed by atoms with Crippen LogP contribution in [0.25, 0.3) is 0 Å². The maximum absolute atomic E-state index is 11.5. The molecule has 142 valence electrons. The van der Waals surface area contributed by atoms with Crippen LogP contribution in [-0.4, -0.2) is 5.91 Å². The molecule has 1 heterocycles. The molecule has 4 rings (SSSR count). The minimum absolute atomic E-state index is 0.129. The Labute approximate surface area is 165 Å². The van der Waals surface area contributed by atoms with Crippen molar-refractivity contribution in [1.29, 1.82) is 0 Å². The first-order chi connectivity index (χ1) is 13.8. The third-order valence-corrected chi connectivity index (χ3v) is 4.93. The van der Waals surface area contributed by atoms with Crippen LogP contribution >= 0.6 is 0 Å². The van der Waals surface area contributed by atoms with E-state index in [1.54, 1.807) is 0 Å². The summed E-state index contributed by atoms with van der Waals surface area (Å²) in [6.07, 6.45) is 1.47. The largest absolute Gasteiger partial charge is 0.489 e. The van der Waals surface area contributed by atoms with Gasteiger partial charge in [0.1, 0.15) is 12.4 Å². The Balaban J connectivity index is 1.35. The molecule has 0 aromatic heterocycles. The lowest BCUT2D eigenvalue weighted by molar-refractivity contribution is -0.119. The number of rotatable bonds is 7. The fourth-order valence-electron chi connectivity index (χ4n) is 3.42.